The Morgan fingerprint density at radius 1 is 1.06 bits per heavy atom. The molecule has 0 spiro atoms. The molecule has 1 aromatic heterocycles. The second-order valence-electron chi connectivity index (χ2n) is 7.85. The van der Waals surface area contributed by atoms with Crippen LogP contribution >= 0.6 is 11.3 Å². The van der Waals surface area contributed by atoms with Crippen LogP contribution in [0.15, 0.2) is 48.5 Å². The number of thiazole rings is 1. The molecule has 4 rings (SSSR count). The summed E-state index contributed by atoms with van der Waals surface area (Å²) in [5.41, 5.74) is 2.80. The summed E-state index contributed by atoms with van der Waals surface area (Å²) < 4.78 is 13.2. The number of rotatable bonds is 5. The van der Waals surface area contributed by atoms with Crippen molar-refractivity contribution in [1.82, 2.24) is 10.3 Å². The number of aryl methyl sites for hydroxylation is 1. The van der Waals surface area contributed by atoms with E-state index in [0.29, 0.717) is 17.9 Å². The Labute approximate surface area is 194 Å². The first-order valence-corrected chi connectivity index (χ1v) is 11.4. The van der Waals surface area contributed by atoms with Crippen molar-refractivity contribution in [3.63, 3.8) is 0 Å². The molecule has 0 saturated carbocycles. The molecular weight excluding hydrogens is 443 g/mol. The Morgan fingerprint density at radius 3 is 2.52 bits per heavy atom. The van der Waals surface area contributed by atoms with Gasteiger partial charge < -0.3 is 16.0 Å². The monoisotopic (exact) mass is 466 g/mol. The minimum Gasteiger partial charge on any atom is -0.347 e. The first-order valence-electron chi connectivity index (χ1n) is 10.6. The van der Waals surface area contributed by atoms with Crippen molar-refractivity contribution in [3.8, 4) is 10.6 Å². The average molecular weight is 467 g/mol. The number of benzene rings is 2. The molecule has 0 aliphatic heterocycles. The van der Waals surface area contributed by atoms with Crippen LogP contribution in [-0.4, -0.2) is 29.3 Å². The first-order chi connectivity index (χ1) is 15.9. The summed E-state index contributed by atoms with van der Waals surface area (Å²) in [5.74, 6) is -1.95. The Morgan fingerprint density at radius 2 is 1.79 bits per heavy atom. The van der Waals surface area contributed by atoms with Crippen LogP contribution < -0.4 is 16.0 Å². The highest BCUT2D eigenvalue weighted by atomic mass is 32.1. The predicted octanol–water partition coefficient (Wildman–Crippen LogP) is 4.08. The van der Waals surface area contributed by atoms with Gasteiger partial charge in [0.2, 0.25) is 5.91 Å². The van der Waals surface area contributed by atoms with Gasteiger partial charge in [-0.25, -0.2) is 9.37 Å². The lowest BCUT2D eigenvalue weighted by molar-refractivity contribution is -0.136. The Balaban J connectivity index is 1.38. The summed E-state index contributed by atoms with van der Waals surface area (Å²) >= 11 is 1.55. The van der Waals surface area contributed by atoms with E-state index in [2.05, 4.69) is 16.0 Å². The highest BCUT2D eigenvalue weighted by Gasteiger charge is 2.26. The average Bonchev–Trinajstić information content (AvgIpc) is 3.22. The van der Waals surface area contributed by atoms with Crippen LogP contribution in [0, 0.1) is 5.82 Å². The molecule has 3 aromatic rings. The van der Waals surface area contributed by atoms with E-state index in [1.54, 1.807) is 47.7 Å². The van der Waals surface area contributed by atoms with Gasteiger partial charge in [-0.1, -0.05) is 6.07 Å². The Bertz CT molecular complexity index is 1190. The fourth-order valence-corrected chi connectivity index (χ4v) is 5.03. The molecule has 9 heteroatoms. The number of hydrogen-bond donors (Lipinski definition) is 3. The quantitative estimate of drug-likeness (QED) is 0.493. The molecule has 33 heavy (non-hydrogen) atoms. The van der Waals surface area contributed by atoms with E-state index in [1.165, 1.54) is 19.1 Å². The number of fused-ring (bicyclic) bond motifs is 1. The molecule has 1 atom stereocenters. The Kier molecular flexibility index (Phi) is 6.79. The van der Waals surface area contributed by atoms with Crippen LogP contribution in [0.5, 0.6) is 0 Å². The zero-order chi connectivity index (χ0) is 23.4. The van der Waals surface area contributed by atoms with Gasteiger partial charge in [0.25, 0.3) is 0 Å². The maximum absolute atomic E-state index is 13.2. The molecule has 1 aliphatic rings. The molecule has 2 aromatic carbocycles. The highest BCUT2D eigenvalue weighted by Crippen LogP contribution is 2.38. The third-order valence-electron chi connectivity index (χ3n) is 5.31. The van der Waals surface area contributed by atoms with Gasteiger partial charge in [-0.3, -0.25) is 14.4 Å². The van der Waals surface area contributed by atoms with E-state index in [9.17, 15) is 18.8 Å². The van der Waals surface area contributed by atoms with Crippen LogP contribution in [0.1, 0.15) is 36.3 Å². The molecule has 1 aliphatic carbocycles. The van der Waals surface area contributed by atoms with Crippen molar-refractivity contribution >= 4 is 40.4 Å². The van der Waals surface area contributed by atoms with Gasteiger partial charge in [0.1, 0.15) is 10.8 Å². The summed E-state index contributed by atoms with van der Waals surface area (Å²) in [6, 6.07) is 12.8. The zero-order valence-corrected chi connectivity index (χ0v) is 18.8. The van der Waals surface area contributed by atoms with Crippen molar-refractivity contribution in [2.24, 2.45) is 0 Å². The van der Waals surface area contributed by atoms with Gasteiger partial charge >= 0.3 is 11.8 Å². The molecule has 170 valence electrons. The first kappa shape index (κ1) is 22.6. The molecule has 0 saturated heterocycles. The number of anilines is 2. The zero-order valence-electron chi connectivity index (χ0n) is 18.0. The van der Waals surface area contributed by atoms with E-state index < -0.39 is 11.8 Å². The molecule has 3 N–H and O–H groups in total. The largest absolute Gasteiger partial charge is 0.347 e. The second kappa shape index (κ2) is 9.91. The summed E-state index contributed by atoms with van der Waals surface area (Å²) in [4.78, 5) is 41.7. The standard InChI is InChI=1S/C24H23FN4O3S/c1-14(30)27-18-5-3-6-19(12-18)28-23(32)22(31)26-13-16-4-2-7-20-21(16)33-24(29-20)15-8-10-17(25)11-9-15/h3,5-6,8-12,16H,2,4,7,13H2,1H3,(H,26,31)(H,27,30)(H,28,32). The molecule has 1 heterocycles. The number of nitrogens with one attached hydrogen (secondary N) is 3. The third-order valence-corrected chi connectivity index (χ3v) is 6.62. The lowest BCUT2D eigenvalue weighted by Crippen LogP contribution is -2.38. The number of carbonyl (C=O) groups excluding carboxylic acids is 3. The number of carbonyl (C=O) groups is 3. The third kappa shape index (κ3) is 5.61. The van der Waals surface area contributed by atoms with E-state index in [4.69, 9.17) is 4.98 Å². The van der Waals surface area contributed by atoms with Gasteiger partial charge in [0, 0.05) is 41.2 Å². The molecule has 7 nitrogen and oxygen atoms in total. The van der Waals surface area contributed by atoms with Crippen molar-refractivity contribution in [2.75, 3.05) is 17.2 Å². The van der Waals surface area contributed by atoms with Crippen LogP contribution in [0.3, 0.4) is 0 Å². The number of aromatic nitrogens is 1. The predicted molar refractivity (Wildman–Crippen MR) is 126 cm³/mol. The lowest BCUT2D eigenvalue weighted by Gasteiger charge is -2.21. The molecule has 0 bridgehead atoms. The second-order valence-corrected chi connectivity index (χ2v) is 8.88. The van der Waals surface area contributed by atoms with Crippen LogP contribution in [0.25, 0.3) is 10.6 Å². The van der Waals surface area contributed by atoms with Gasteiger partial charge in [0.15, 0.2) is 0 Å². The normalized spacial score (nSPS) is 14.8. The van der Waals surface area contributed by atoms with Gasteiger partial charge in [-0.15, -0.1) is 11.3 Å². The van der Waals surface area contributed by atoms with Crippen molar-refractivity contribution in [1.29, 1.82) is 0 Å². The molecule has 1 unspecified atom stereocenters. The molecule has 3 amide bonds. The molecule has 0 radical (unpaired) electrons. The number of halogens is 1. The Hall–Kier alpha value is -3.59. The number of amides is 3. The van der Waals surface area contributed by atoms with Crippen LogP contribution in [-0.2, 0) is 20.8 Å². The fourth-order valence-electron chi connectivity index (χ4n) is 3.78. The highest BCUT2D eigenvalue weighted by molar-refractivity contribution is 7.15. The van der Waals surface area contributed by atoms with Crippen LogP contribution in [0.2, 0.25) is 0 Å². The number of nitrogens with zero attached hydrogens (tertiary/aromatic N) is 1. The van der Waals surface area contributed by atoms with E-state index in [-0.39, 0.29) is 17.6 Å². The fraction of sp³-hybridized carbons (Fsp3) is 0.250. The van der Waals surface area contributed by atoms with E-state index in [0.717, 1.165) is 40.4 Å². The summed E-state index contributed by atoms with van der Waals surface area (Å²) in [5, 5.41) is 8.73. The lowest BCUT2D eigenvalue weighted by atomic mass is 9.92. The van der Waals surface area contributed by atoms with Gasteiger partial charge in [0.05, 0.1) is 5.69 Å². The molecule has 0 fully saturated rings. The van der Waals surface area contributed by atoms with Crippen molar-refractivity contribution < 1.29 is 18.8 Å². The SMILES string of the molecule is CC(=O)Nc1cccc(NC(=O)C(=O)NCC2CCCc3nc(-c4ccc(F)cc4)sc32)c1. The van der Waals surface area contributed by atoms with Gasteiger partial charge in [-0.05, 0) is 61.7 Å². The van der Waals surface area contributed by atoms with Crippen LogP contribution in [0.4, 0.5) is 15.8 Å². The van der Waals surface area contributed by atoms with Crippen molar-refractivity contribution in [2.45, 2.75) is 32.1 Å². The summed E-state index contributed by atoms with van der Waals surface area (Å²) in [6.45, 7) is 1.72. The smallest absolute Gasteiger partial charge is 0.313 e. The topological polar surface area (TPSA) is 100 Å². The van der Waals surface area contributed by atoms with Crippen molar-refractivity contribution in [3.05, 3.63) is 64.9 Å². The minimum absolute atomic E-state index is 0.0697. The maximum atomic E-state index is 13.2. The van der Waals surface area contributed by atoms with Gasteiger partial charge in [-0.2, -0.15) is 0 Å². The minimum atomic E-state index is -0.776. The number of hydrogen-bond acceptors (Lipinski definition) is 5. The summed E-state index contributed by atoms with van der Waals surface area (Å²) in [7, 11) is 0. The van der Waals surface area contributed by atoms with E-state index >= 15 is 0 Å². The summed E-state index contributed by atoms with van der Waals surface area (Å²) in [6.07, 6.45) is 2.70. The molecular formula is C24H23FN4O3S. The maximum Gasteiger partial charge on any atom is 0.313 e. The van der Waals surface area contributed by atoms with E-state index in [1.807, 2.05) is 0 Å².